The van der Waals surface area contributed by atoms with Crippen LogP contribution < -0.4 is 14.8 Å². The number of nitrogens with one attached hydrogen (secondary N) is 1. The number of carbonyl (C=O) groups is 1. The number of amides is 1. The van der Waals surface area contributed by atoms with Gasteiger partial charge in [0.05, 0.1) is 24.7 Å². The number of nitrogens with zero attached hydrogens (tertiary/aromatic N) is 1. The Bertz CT molecular complexity index is 567. The van der Waals surface area contributed by atoms with Gasteiger partial charge >= 0.3 is 0 Å². The first-order valence-electron chi connectivity index (χ1n) is 7.37. The molecule has 0 saturated heterocycles. The minimum Gasteiger partial charge on any atom is -0.493 e. The number of rotatable bonds is 6. The van der Waals surface area contributed by atoms with Crippen LogP contribution in [-0.4, -0.2) is 30.6 Å². The van der Waals surface area contributed by atoms with E-state index in [-0.39, 0.29) is 23.0 Å². The molecule has 0 aromatic heterocycles. The largest absolute Gasteiger partial charge is 0.493 e. The van der Waals surface area contributed by atoms with E-state index in [0.717, 1.165) is 25.7 Å². The van der Waals surface area contributed by atoms with Crippen LogP contribution >= 0.6 is 0 Å². The van der Waals surface area contributed by atoms with Gasteiger partial charge in [0.2, 0.25) is 0 Å². The van der Waals surface area contributed by atoms with Gasteiger partial charge in [0.25, 0.3) is 11.6 Å². The van der Waals surface area contributed by atoms with Crippen molar-refractivity contribution < 1.29 is 19.2 Å². The van der Waals surface area contributed by atoms with E-state index in [1.807, 2.05) is 0 Å². The molecule has 0 heterocycles. The minimum atomic E-state index is -0.582. The van der Waals surface area contributed by atoms with Gasteiger partial charge in [-0.1, -0.05) is 12.8 Å². The standard InChI is InChI=1S/C15H20N2O5/c1-3-22-14-8-11(12(17(19)20)9-13(14)21-2)15(18)16-10-6-4-5-7-10/h8-10H,3-7H2,1-2H3,(H,16,18). The fourth-order valence-corrected chi connectivity index (χ4v) is 2.64. The summed E-state index contributed by atoms with van der Waals surface area (Å²) in [6, 6.07) is 2.70. The van der Waals surface area contributed by atoms with Gasteiger partial charge in [0.1, 0.15) is 5.56 Å². The Hall–Kier alpha value is -2.31. The maximum absolute atomic E-state index is 12.4. The van der Waals surface area contributed by atoms with Crippen molar-refractivity contribution in [3.05, 3.63) is 27.8 Å². The van der Waals surface area contributed by atoms with E-state index in [0.29, 0.717) is 12.4 Å². The number of benzene rings is 1. The Labute approximate surface area is 128 Å². The molecular weight excluding hydrogens is 288 g/mol. The molecule has 0 bridgehead atoms. The van der Waals surface area contributed by atoms with Crippen molar-refractivity contribution in [2.45, 2.75) is 38.6 Å². The smallest absolute Gasteiger partial charge is 0.286 e. The van der Waals surface area contributed by atoms with Gasteiger partial charge in [-0.2, -0.15) is 0 Å². The lowest BCUT2D eigenvalue weighted by atomic mass is 10.1. The number of methoxy groups -OCH3 is 1. The van der Waals surface area contributed by atoms with Crippen molar-refractivity contribution in [3.8, 4) is 11.5 Å². The zero-order valence-corrected chi connectivity index (χ0v) is 12.8. The van der Waals surface area contributed by atoms with E-state index in [1.165, 1.54) is 19.2 Å². The van der Waals surface area contributed by atoms with E-state index in [1.54, 1.807) is 6.92 Å². The average Bonchev–Trinajstić information content (AvgIpc) is 2.99. The molecule has 22 heavy (non-hydrogen) atoms. The highest BCUT2D eigenvalue weighted by molar-refractivity contribution is 5.99. The van der Waals surface area contributed by atoms with Crippen LogP contribution in [0.2, 0.25) is 0 Å². The molecule has 7 heteroatoms. The van der Waals surface area contributed by atoms with Crippen molar-refractivity contribution in [1.82, 2.24) is 5.32 Å². The van der Waals surface area contributed by atoms with E-state index >= 15 is 0 Å². The molecule has 0 atom stereocenters. The summed E-state index contributed by atoms with van der Waals surface area (Å²) >= 11 is 0. The zero-order valence-electron chi connectivity index (χ0n) is 12.8. The maximum Gasteiger partial charge on any atom is 0.286 e. The third kappa shape index (κ3) is 3.47. The van der Waals surface area contributed by atoms with Crippen molar-refractivity contribution in [2.75, 3.05) is 13.7 Å². The fourth-order valence-electron chi connectivity index (χ4n) is 2.64. The summed E-state index contributed by atoms with van der Waals surface area (Å²) in [4.78, 5) is 23.0. The fraction of sp³-hybridized carbons (Fsp3) is 0.533. The van der Waals surface area contributed by atoms with Gasteiger partial charge in [0.15, 0.2) is 11.5 Å². The van der Waals surface area contributed by atoms with E-state index in [9.17, 15) is 14.9 Å². The second kappa shape index (κ2) is 7.11. The molecule has 1 N–H and O–H groups in total. The van der Waals surface area contributed by atoms with Gasteiger partial charge < -0.3 is 14.8 Å². The van der Waals surface area contributed by atoms with Gasteiger partial charge in [-0.05, 0) is 19.8 Å². The van der Waals surface area contributed by atoms with Crippen LogP contribution in [-0.2, 0) is 0 Å². The normalized spacial score (nSPS) is 14.6. The summed E-state index contributed by atoms with van der Waals surface area (Å²) in [5.41, 5.74) is -0.281. The molecule has 0 spiro atoms. The molecule has 0 aliphatic heterocycles. The minimum absolute atomic E-state index is 0.00106. The molecule has 1 aliphatic carbocycles. The van der Waals surface area contributed by atoms with E-state index in [2.05, 4.69) is 5.32 Å². The Morgan fingerprint density at radius 2 is 2.05 bits per heavy atom. The summed E-state index contributed by atoms with van der Waals surface area (Å²) in [5.74, 6) is 0.125. The van der Waals surface area contributed by atoms with Crippen molar-refractivity contribution in [3.63, 3.8) is 0 Å². The van der Waals surface area contributed by atoms with Crippen LogP contribution in [0.1, 0.15) is 43.0 Å². The van der Waals surface area contributed by atoms with Crippen molar-refractivity contribution >= 4 is 11.6 Å². The molecule has 7 nitrogen and oxygen atoms in total. The molecular formula is C15H20N2O5. The number of ether oxygens (including phenoxy) is 2. The predicted molar refractivity (Wildman–Crippen MR) is 80.5 cm³/mol. The van der Waals surface area contributed by atoms with Crippen molar-refractivity contribution in [1.29, 1.82) is 0 Å². The molecule has 1 amide bonds. The zero-order chi connectivity index (χ0) is 16.1. The summed E-state index contributed by atoms with van der Waals surface area (Å²) in [5, 5.41) is 14.1. The summed E-state index contributed by atoms with van der Waals surface area (Å²) < 4.78 is 10.5. The molecule has 120 valence electrons. The quantitative estimate of drug-likeness (QED) is 0.644. The number of hydrogen-bond acceptors (Lipinski definition) is 5. The van der Waals surface area contributed by atoms with Gasteiger partial charge in [-0.25, -0.2) is 0 Å². The first kappa shape index (κ1) is 16.1. The second-order valence-electron chi connectivity index (χ2n) is 5.17. The number of nitro benzene ring substituents is 1. The molecule has 1 aromatic rings. The highest BCUT2D eigenvalue weighted by atomic mass is 16.6. The monoisotopic (exact) mass is 308 g/mol. The van der Waals surface area contributed by atoms with Crippen LogP contribution in [0.4, 0.5) is 5.69 Å². The van der Waals surface area contributed by atoms with Crippen LogP contribution in [0.15, 0.2) is 12.1 Å². The lowest BCUT2D eigenvalue weighted by Gasteiger charge is -2.14. The van der Waals surface area contributed by atoms with Gasteiger partial charge in [0, 0.05) is 12.1 Å². The molecule has 1 aromatic carbocycles. The van der Waals surface area contributed by atoms with Crippen LogP contribution in [0.5, 0.6) is 11.5 Å². The summed E-state index contributed by atoms with van der Waals surface area (Å²) in [6.45, 7) is 2.16. The third-order valence-electron chi connectivity index (χ3n) is 3.71. The van der Waals surface area contributed by atoms with Gasteiger partial charge in [-0.15, -0.1) is 0 Å². The van der Waals surface area contributed by atoms with Gasteiger partial charge in [-0.3, -0.25) is 14.9 Å². The van der Waals surface area contributed by atoms with E-state index < -0.39 is 10.8 Å². The Morgan fingerprint density at radius 3 is 2.59 bits per heavy atom. The average molecular weight is 308 g/mol. The number of hydrogen-bond donors (Lipinski definition) is 1. The topological polar surface area (TPSA) is 90.7 Å². The molecule has 0 unspecified atom stereocenters. The third-order valence-corrected chi connectivity index (χ3v) is 3.71. The number of nitro groups is 1. The van der Waals surface area contributed by atoms with Crippen molar-refractivity contribution in [2.24, 2.45) is 0 Å². The maximum atomic E-state index is 12.4. The summed E-state index contributed by atoms with van der Waals surface area (Å²) in [6.07, 6.45) is 3.96. The Kier molecular flexibility index (Phi) is 5.19. The number of carbonyl (C=O) groups excluding carboxylic acids is 1. The molecule has 1 fully saturated rings. The van der Waals surface area contributed by atoms with E-state index in [4.69, 9.17) is 9.47 Å². The Balaban J connectivity index is 2.35. The lowest BCUT2D eigenvalue weighted by Crippen LogP contribution is -2.33. The Morgan fingerprint density at radius 1 is 1.36 bits per heavy atom. The molecule has 2 rings (SSSR count). The van der Waals surface area contributed by atoms with Crippen LogP contribution in [0, 0.1) is 10.1 Å². The SMILES string of the molecule is CCOc1cc(C(=O)NC2CCCC2)c([N+](=O)[O-])cc1OC. The second-order valence-corrected chi connectivity index (χ2v) is 5.17. The van der Waals surface area contributed by atoms with Crippen LogP contribution in [0.25, 0.3) is 0 Å². The first-order chi connectivity index (χ1) is 10.6. The molecule has 0 radical (unpaired) electrons. The summed E-state index contributed by atoms with van der Waals surface area (Å²) in [7, 11) is 1.40. The molecule has 1 aliphatic rings. The predicted octanol–water partition coefficient (Wildman–Crippen LogP) is 2.67. The molecule has 1 saturated carbocycles. The highest BCUT2D eigenvalue weighted by Crippen LogP contribution is 2.35. The highest BCUT2D eigenvalue weighted by Gasteiger charge is 2.27. The van der Waals surface area contributed by atoms with Crippen LogP contribution in [0.3, 0.4) is 0 Å². The first-order valence-corrected chi connectivity index (χ1v) is 7.37. The lowest BCUT2D eigenvalue weighted by molar-refractivity contribution is -0.385.